The van der Waals surface area contributed by atoms with Crippen molar-refractivity contribution in [2.75, 3.05) is 12.8 Å². The zero-order valence-electron chi connectivity index (χ0n) is 11.3. The minimum absolute atomic E-state index is 0.528. The summed E-state index contributed by atoms with van der Waals surface area (Å²) in [4.78, 5) is 0. The first-order valence-corrected chi connectivity index (χ1v) is 6.37. The Morgan fingerprint density at radius 1 is 1.11 bits per heavy atom. The number of benzene rings is 2. The first kappa shape index (κ1) is 13.3. The van der Waals surface area contributed by atoms with Crippen molar-refractivity contribution in [3.05, 3.63) is 53.6 Å². The lowest BCUT2D eigenvalue weighted by molar-refractivity contribution is 0.306. The van der Waals surface area contributed by atoms with E-state index in [1.54, 1.807) is 7.11 Å². The van der Waals surface area contributed by atoms with Crippen molar-refractivity contribution in [3.63, 3.8) is 0 Å². The minimum Gasteiger partial charge on any atom is -0.496 e. The summed E-state index contributed by atoms with van der Waals surface area (Å²) in [5.74, 6) is 1.71. The van der Waals surface area contributed by atoms with Gasteiger partial charge in [-0.05, 0) is 41.8 Å². The monoisotopic (exact) mass is 257 g/mol. The Morgan fingerprint density at radius 2 is 1.95 bits per heavy atom. The van der Waals surface area contributed by atoms with Crippen molar-refractivity contribution in [1.82, 2.24) is 0 Å². The van der Waals surface area contributed by atoms with Crippen molar-refractivity contribution < 1.29 is 9.47 Å². The molecule has 0 aliphatic carbocycles. The molecule has 3 nitrogen and oxygen atoms in total. The summed E-state index contributed by atoms with van der Waals surface area (Å²) in [6, 6.07) is 13.6. The van der Waals surface area contributed by atoms with E-state index in [1.807, 2.05) is 36.4 Å². The Labute approximate surface area is 114 Å². The van der Waals surface area contributed by atoms with E-state index in [0.29, 0.717) is 12.3 Å². The molecule has 0 saturated carbocycles. The van der Waals surface area contributed by atoms with Crippen LogP contribution in [-0.4, -0.2) is 7.11 Å². The molecular formula is C16H19NO2. The first-order chi connectivity index (χ1) is 9.22. The fourth-order valence-electron chi connectivity index (χ4n) is 1.97. The predicted octanol–water partition coefficient (Wildman–Crippen LogP) is 3.42. The second-order valence-electron chi connectivity index (χ2n) is 4.36. The lowest BCUT2D eigenvalue weighted by atomic mass is 10.1. The zero-order chi connectivity index (χ0) is 13.7. The highest BCUT2D eigenvalue weighted by Gasteiger charge is 2.03. The van der Waals surface area contributed by atoms with E-state index in [2.05, 4.69) is 13.0 Å². The maximum absolute atomic E-state index is 5.73. The van der Waals surface area contributed by atoms with Gasteiger partial charge in [-0.15, -0.1) is 0 Å². The molecule has 0 fully saturated rings. The third-order valence-corrected chi connectivity index (χ3v) is 2.99. The van der Waals surface area contributed by atoms with Gasteiger partial charge in [-0.1, -0.05) is 19.1 Å². The molecule has 0 spiro atoms. The fourth-order valence-corrected chi connectivity index (χ4v) is 1.97. The van der Waals surface area contributed by atoms with Gasteiger partial charge in [0.05, 0.1) is 7.11 Å². The molecule has 2 N–H and O–H groups in total. The minimum atomic E-state index is 0.528. The second-order valence-corrected chi connectivity index (χ2v) is 4.36. The largest absolute Gasteiger partial charge is 0.496 e. The molecule has 0 unspecified atom stereocenters. The molecular weight excluding hydrogens is 238 g/mol. The van der Waals surface area contributed by atoms with Crippen molar-refractivity contribution in [2.45, 2.75) is 20.0 Å². The summed E-state index contributed by atoms with van der Waals surface area (Å²) in [6.07, 6.45) is 0.940. The van der Waals surface area contributed by atoms with Crippen LogP contribution in [0.3, 0.4) is 0 Å². The summed E-state index contributed by atoms with van der Waals surface area (Å²) < 4.78 is 11.0. The molecule has 2 rings (SSSR count). The van der Waals surface area contributed by atoms with Crippen molar-refractivity contribution in [1.29, 1.82) is 0 Å². The van der Waals surface area contributed by atoms with E-state index in [4.69, 9.17) is 15.2 Å². The number of methoxy groups -OCH3 is 1. The first-order valence-electron chi connectivity index (χ1n) is 6.37. The van der Waals surface area contributed by atoms with Gasteiger partial charge in [0.1, 0.15) is 18.1 Å². The molecule has 0 aliphatic rings. The smallest absolute Gasteiger partial charge is 0.122 e. The Morgan fingerprint density at radius 3 is 2.63 bits per heavy atom. The van der Waals surface area contributed by atoms with E-state index in [0.717, 1.165) is 23.5 Å². The quantitative estimate of drug-likeness (QED) is 0.835. The van der Waals surface area contributed by atoms with E-state index in [-0.39, 0.29) is 0 Å². The van der Waals surface area contributed by atoms with Gasteiger partial charge in [0.25, 0.3) is 0 Å². The van der Waals surface area contributed by atoms with Crippen LogP contribution in [0.4, 0.5) is 5.69 Å². The number of ether oxygens (including phenoxy) is 2. The molecule has 19 heavy (non-hydrogen) atoms. The van der Waals surface area contributed by atoms with Gasteiger partial charge in [-0.3, -0.25) is 0 Å². The van der Waals surface area contributed by atoms with Gasteiger partial charge in [-0.2, -0.15) is 0 Å². The molecule has 2 aromatic carbocycles. The molecule has 0 amide bonds. The predicted molar refractivity (Wildman–Crippen MR) is 77.6 cm³/mol. The van der Waals surface area contributed by atoms with Crippen molar-refractivity contribution in [2.24, 2.45) is 0 Å². The molecule has 0 atom stereocenters. The van der Waals surface area contributed by atoms with Crippen LogP contribution in [0.25, 0.3) is 0 Å². The molecule has 2 aromatic rings. The van der Waals surface area contributed by atoms with Crippen molar-refractivity contribution >= 4 is 5.69 Å². The number of hydrogen-bond acceptors (Lipinski definition) is 3. The van der Waals surface area contributed by atoms with E-state index in [1.165, 1.54) is 5.56 Å². The molecule has 0 bridgehead atoms. The molecule has 0 heterocycles. The number of aryl methyl sites for hydroxylation is 1. The zero-order valence-corrected chi connectivity index (χ0v) is 11.3. The average molecular weight is 257 g/mol. The van der Waals surface area contributed by atoms with Gasteiger partial charge in [-0.25, -0.2) is 0 Å². The van der Waals surface area contributed by atoms with Crippen LogP contribution in [0.2, 0.25) is 0 Å². The van der Waals surface area contributed by atoms with Crippen LogP contribution in [0.15, 0.2) is 42.5 Å². The number of anilines is 1. The van der Waals surface area contributed by atoms with Crippen LogP contribution in [0, 0.1) is 0 Å². The lowest BCUT2D eigenvalue weighted by Gasteiger charge is -2.10. The summed E-state index contributed by atoms with van der Waals surface area (Å²) in [6.45, 7) is 2.64. The highest BCUT2D eigenvalue weighted by atomic mass is 16.5. The number of rotatable bonds is 5. The van der Waals surface area contributed by atoms with Gasteiger partial charge in [0.15, 0.2) is 0 Å². The summed E-state index contributed by atoms with van der Waals surface area (Å²) >= 11 is 0. The summed E-state index contributed by atoms with van der Waals surface area (Å²) in [7, 11) is 1.69. The average Bonchev–Trinajstić information content (AvgIpc) is 2.45. The normalized spacial score (nSPS) is 10.2. The highest BCUT2D eigenvalue weighted by Crippen LogP contribution is 2.22. The Kier molecular flexibility index (Phi) is 4.29. The van der Waals surface area contributed by atoms with E-state index >= 15 is 0 Å². The van der Waals surface area contributed by atoms with Gasteiger partial charge in [0.2, 0.25) is 0 Å². The van der Waals surface area contributed by atoms with E-state index in [9.17, 15) is 0 Å². The SMILES string of the molecule is CCc1cc(COc2cccc(N)c2)ccc1OC. The van der Waals surface area contributed by atoms with Crippen LogP contribution in [-0.2, 0) is 13.0 Å². The number of nitrogens with two attached hydrogens (primary N) is 1. The molecule has 0 radical (unpaired) electrons. The molecule has 0 aromatic heterocycles. The van der Waals surface area contributed by atoms with Crippen LogP contribution < -0.4 is 15.2 Å². The Bertz CT molecular complexity index is 552. The maximum Gasteiger partial charge on any atom is 0.122 e. The lowest BCUT2D eigenvalue weighted by Crippen LogP contribution is -1.98. The fraction of sp³-hybridized carbons (Fsp3) is 0.250. The van der Waals surface area contributed by atoms with Gasteiger partial charge < -0.3 is 15.2 Å². The third-order valence-electron chi connectivity index (χ3n) is 2.99. The Balaban J connectivity index is 2.07. The Hall–Kier alpha value is -2.16. The third kappa shape index (κ3) is 3.41. The standard InChI is InChI=1S/C16H19NO2/c1-3-13-9-12(7-8-16(13)18-2)11-19-15-6-4-5-14(17)10-15/h4-10H,3,11,17H2,1-2H3. The molecule has 100 valence electrons. The topological polar surface area (TPSA) is 44.5 Å². The molecule has 3 heteroatoms. The van der Waals surface area contributed by atoms with Crippen LogP contribution in [0.1, 0.15) is 18.1 Å². The number of hydrogen-bond donors (Lipinski definition) is 1. The highest BCUT2D eigenvalue weighted by molar-refractivity contribution is 5.43. The molecule has 0 aliphatic heterocycles. The van der Waals surface area contributed by atoms with Gasteiger partial charge in [0, 0.05) is 11.8 Å². The van der Waals surface area contributed by atoms with Crippen LogP contribution in [0.5, 0.6) is 11.5 Å². The number of nitrogen functional groups attached to an aromatic ring is 1. The summed E-state index contributed by atoms with van der Waals surface area (Å²) in [5, 5.41) is 0. The maximum atomic E-state index is 5.73. The van der Waals surface area contributed by atoms with Gasteiger partial charge >= 0.3 is 0 Å². The van der Waals surface area contributed by atoms with E-state index < -0.39 is 0 Å². The molecule has 0 saturated heterocycles. The second kappa shape index (κ2) is 6.14. The van der Waals surface area contributed by atoms with Crippen molar-refractivity contribution in [3.8, 4) is 11.5 Å². The summed E-state index contributed by atoms with van der Waals surface area (Å²) in [5.41, 5.74) is 8.74. The van der Waals surface area contributed by atoms with Crippen LogP contribution >= 0.6 is 0 Å².